The fourth-order valence-corrected chi connectivity index (χ4v) is 5.06. The number of ether oxygens (including phenoxy) is 2. The summed E-state index contributed by atoms with van der Waals surface area (Å²) < 4.78 is 12.1. The Labute approximate surface area is 248 Å². The van der Waals surface area contributed by atoms with Crippen LogP contribution in [0, 0.1) is 0 Å². The summed E-state index contributed by atoms with van der Waals surface area (Å²) in [5, 5.41) is 15.1. The Balaban J connectivity index is 1.85. The predicted octanol–water partition coefficient (Wildman–Crippen LogP) is 5.66. The van der Waals surface area contributed by atoms with Crippen LogP contribution in [0.1, 0.15) is 34.8 Å². The Morgan fingerprint density at radius 2 is 1.90 bits per heavy atom. The zero-order valence-corrected chi connectivity index (χ0v) is 24.1. The van der Waals surface area contributed by atoms with Crippen molar-refractivity contribution >= 4 is 35.0 Å². The molecule has 214 valence electrons. The first-order valence-electron chi connectivity index (χ1n) is 12.9. The lowest BCUT2D eigenvalue weighted by Gasteiger charge is -2.32. The predicted molar refractivity (Wildman–Crippen MR) is 158 cm³/mol. The van der Waals surface area contributed by atoms with E-state index in [0.717, 1.165) is 11.1 Å². The second kappa shape index (κ2) is 13.7. The Morgan fingerprint density at radius 1 is 1.17 bits per heavy atom. The van der Waals surface area contributed by atoms with Crippen LogP contribution in [0.2, 0.25) is 10.0 Å². The van der Waals surface area contributed by atoms with E-state index in [1.807, 2.05) is 24.3 Å². The molecule has 0 saturated heterocycles. The average molecular weight is 598 g/mol. The molecular weight excluding hydrogens is 567 g/mol. The van der Waals surface area contributed by atoms with Gasteiger partial charge in [0.15, 0.2) is 11.6 Å². The highest BCUT2D eigenvalue weighted by atomic mass is 35.5. The summed E-state index contributed by atoms with van der Waals surface area (Å²) in [4.78, 5) is 22.0. The molecule has 3 aromatic carbocycles. The number of hydrogen-bond acceptors (Lipinski definition) is 7. The summed E-state index contributed by atoms with van der Waals surface area (Å²) in [5.74, 6) is 0.474. The van der Waals surface area contributed by atoms with E-state index in [-0.39, 0.29) is 25.5 Å². The number of rotatable bonds is 12. The van der Waals surface area contributed by atoms with E-state index < -0.39 is 17.6 Å². The van der Waals surface area contributed by atoms with Crippen LogP contribution < -0.4 is 10.2 Å². The van der Waals surface area contributed by atoms with Crippen LogP contribution in [-0.2, 0) is 22.5 Å². The molecule has 0 radical (unpaired) electrons. The number of halogens is 2. The molecule has 0 aliphatic carbocycles. The summed E-state index contributed by atoms with van der Waals surface area (Å²) in [5.41, 5.74) is 13.0. The SMILES string of the molecule is CN(C)NC(=O)[C@@]1(Cc2ccccc2CN=[N+]=[N-])N=C(c2ccc(OCCCO)cc2)O[C@H]1c1ccc(Cl)cc1Cl. The topological polar surface area (TPSA) is 132 Å². The molecule has 1 aliphatic heterocycles. The summed E-state index contributed by atoms with van der Waals surface area (Å²) >= 11 is 12.9. The van der Waals surface area contributed by atoms with Gasteiger partial charge in [-0.15, -0.1) is 0 Å². The maximum Gasteiger partial charge on any atom is 0.266 e. The van der Waals surface area contributed by atoms with Crippen LogP contribution in [0.5, 0.6) is 5.75 Å². The number of azide groups is 1. The standard InChI is InChI=1S/C29H30Cl2N6O4/c1-37(2)35-28(39)29(17-20-6-3-4-7-21(20)18-33-36-32)26(24-13-10-22(30)16-25(24)31)41-27(34-29)19-8-11-23(12-9-19)40-15-5-14-38/h3-4,6-13,16,26,38H,5,14-15,17-18H2,1-2H3,(H,35,39)/t26-,29-/m0/s1. The van der Waals surface area contributed by atoms with Crippen molar-refractivity contribution in [3.05, 3.63) is 109 Å². The lowest BCUT2D eigenvalue weighted by atomic mass is 9.81. The molecule has 0 bridgehead atoms. The molecule has 12 heteroatoms. The van der Waals surface area contributed by atoms with Gasteiger partial charge in [0.05, 0.1) is 13.2 Å². The van der Waals surface area contributed by atoms with E-state index in [1.165, 1.54) is 0 Å². The lowest BCUT2D eigenvalue weighted by molar-refractivity contribution is -0.132. The van der Waals surface area contributed by atoms with Gasteiger partial charge in [-0.2, -0.15) is 0 Å². The Morgan fingerprint density at radius 3 is 2.56 bits per heavy atom. The molecule has 0 fully saturated rings. The third-order valence-corrected chi connectivity index (χ3v) is 7.05. The highest BCUT2D eigenvalue weighted by Crippen LogP contribution is 2.45. The quantitative estimate of drug-likeness (QED) is 0.0915. The molecule has 2 N–H and O–H groups in total. The summed E-state index contributed by atoms with van der Waals surface area (Å²) in [6.07, 6.45) is -0.277. The third-order valence-electron chi connectivity index (χ3n) is 6.48. The molecule has 10 nitrogen and oxygen atoms in total. The summed E-state index contributed by atoms with van der Waals surface area (Å²) in [6, 6.07) is 19.6. The van der Waals surface area contributed by atoms with E-state index >= 15 is 0 Å². The monoisotopic (exact) mass is 596 g/mol. The summed E-state index contributed by atoms with van der Waals surface area (Å²) in [7, 11) is 3.42. The van der Waals surface area contributed by atoms with Crippen LogP contribution in [0.3, 0.4) is 0 Å². The molecule has 1 aliphatic rings. The van der Waals surface area contributed by atoms with Crippen LogP contribution in [0.4, 0.5) is 0 Å². The summed E-state index contributed by atoms with van der Waals surface area (Å²) in [6.45, 7) is 0.535. The highest BCUT2D eigenvalue weighted by Gasteiger charge is 2.54. The second-order valence-electron chi connectivity index (χ2n) is 9.62. The van der Waals surface area contributed by atoms with Crippen molar-refractivity contribution in [3.8, 4) is 5.75 Å². The normalized spacial score (nSPS) is 17.9. The molecule has 0 unspecified atom stereocenters. The van der Waals surface area contributed by atoms with E-state index in [9.17, 15) is 4.79 Å². The van der Waals surface area contributed by atoms with Crippen LogP contribution in [0.15, 0.2) is 76.8 Å². The molecule has 4 rings (SSSR count). The molecule has 3 aromatic rings. The molecule has 1 amide bonds. The fraction of sp³-hybridized carbons (Fsp3) is 0.310. The van der Waals surface area contributed by atoms with Gasteiger partial charge in [-0.3, -0.25) is 10.2 Å². The van der Waals surface area contributed by atoms with Gasteiger partial charge >= 0.3 is 0 Å². The largest absolute Gasteiger partial charge is 0.494 e. The van der Waals surface area contributed by atoms with Gasteiger partial charge in [0.1, 0.15) is 5.75 Å². The molecule has 0 saturated carbocycles. The number of carbonyl (C=O) groups excluding carboxylic acids is 1. The van der Waals surface area contributed by atoms with Crippen molar-refractivity contribution in [3.63, 3.8) is 0 Å². The van der Waals surface area contributed by atoms with Gasteiger partial charge < -0.3 is 14.6 Å². The first-order chi connectivity index (χ1) is 19.8. The number of hydrazine groups is 1. The minimum Gasteiger partial charge on any atom is -0.494 e. The number of nitrogens with one attached hydrogen (secondary N) is 1. The Kier molecular flexibility index (Phi) is 10.1. The first-order valence-corrected chi connectivity index (χ1v) is 13.6. The van der Waals surface area contributed by atoms with E-state index in [2.05, 4.69) is 15.5 Å². The number of nitrogens with zero attached hydrogens (tertiary/aromatic N) is 5. The minimum atomic E-state index is -1.50. The average Bonchev–Trinajstić information content (AvgIpc) is 3.33. The molecule has 41 heavy (non-hydrogen) atoms. The van der Waals surface area contributed by atoms with Gasteiger partial charge in [-0.05, 0) is 53.1 Å². The lowest BCUT2D eigenvalue weighted by Crippen LogP contribution is -2.53. The smallest absolute Gasteiger partial charge is 0.266 e. The van der Waals surface area contributed by atoms with Gasteiger partial charge in [0.2, 0.25) is 5.90 Å². The zero-order chi connectivity index (χ0) is 29.4. The first kappa shape index (κ1) is 30.2. The van der Waals surface area contributed by atoms with Crippen molar-refractivity contribution in [2.24, 2.45) is 10.1 Å². The van der Waals surface area contributed by atoms with Crippen molar-refractivity contribution in [2.45, 2.75) is 31.0 Å². The molecule has 2 atom stereocenters. The number of aliphatic imine (C=N–C) groups is 1. The number of benzene rings is 3. The van der Waals surface area contributed by atoms with Crippen LogP contribution >= 0.6 is 23.2 Å². The third kappa shape index (κ3) is 7.11. The minimum absolute atomic E-state index is 0.0421. The maximum absolute atomic E-state index is 14.1. The van der Waals surface area contributed by atoms with Gasteiger partial charge in [0.25, 0.3) is 5.91 Å². The van der Waals surface area contributed by atoms with Crippen LogP contribution in [0.25, 0.3) is 10.4 Å². The van der Waals surface area contributed by atoms with Crippen molar-refractivity contribution in [1.29, 1.82) is 0 Å². The van der Waals surface area contributed by atoms with E-state index in [0.29, 0.717) is 39.9 Å². The molecule has 0 spiro atoms. The van der Waals surface area contributed by atoms with Crippen molar-refractivity contribution < 1.29 is 19.4 Å². The van der Waals surface area contributed by atoms with Crippen LogP contribution in [-0.4, -0.2) is 54.8 Å². The number of carbonyl (C=O) groups is 1. The highest BCUT2D eigenvalue weighted by molar-refractivity contribution is 6.35. The van der Waals surface area contributed by atoms with E-state index in [1.54, 1.807) is 61.6 Å². The zero-order valence-electron chi connectivity index (χ0n) is 22.6. The van der Waals surface area contributed by atoms with E-state index in [4.69, 9.17) is 48.3 Å². The van der Waals surface area contributed by atoms with Gasteiger partial charge in [-0.25, -0.2) is 10.0 Å². The Bertz CT molecular complexity index is 1460. The number of hydrogen-bond donors (Lipinski definition) is 2. The fourth-order valence-electron chi connectivity index (χ4n) is 4.56. The van der Waals surface area contributed by atoms with Crippen molar-refractivity contribution in [1.82, 2.24) is 10.4 Å². The maximum atomic E-state index is 14.1. The molecule has 0 aromatic heterocycles. The number of amides is 1. The molecule has 1 heterocycles. The van der Waals surface area contributed by atoms with Gasteiger partial charge in [0, 0.05) is 59.6 Å². The van der Waals surface area contributed by atoms with Crippen molar-refractivity contribution in [2.75, 3.05) is 27.3 Å². The number of aliphatic hydroxyl groups excluding tert-OH is 1. The molecular formula is C29H30Cl2N6O4. The van der Waals surface area contributed by atoms with Gasteiger partial charge in [-0.1, -0.05) is 58.6 Å². The second-order valence-corrected chi connectivity index (χ2v) is 10.5. The Hall–Kier alpha value is -3.79. The number of aliphatic hydroxyl groups is 1.